The molecule has 1 aromatic carbocycles. The van der Waals surface area contributed by atoms with Crippen LogP contribution in [0.1, 0.15) is 236 Å². The Morgan fingerprint density at radius 3 is 0.855 bits per heavy atom. The molecule has 55 heavy (non-hydrogen) atoms. The largest absolute Gasteiger partial charge is 0.293 e. The second-order valence-corrected chi connectivity index (χ2v) is 24.1. The molecule has 5 heteroatoms. The van der Waals surface area contributed by atoms with Gasteiger partial charge in [0.2, 0.25) is 0 Å². The second kappa shape index (κ2) is 14.6. The highest BCUT2D eigenvalue weighted by Crippen LogP contribution is 2.58. The Hall–Kier alpha value is -1.01. The molecule has 1 aromatic rings. The van der Waals surface area contributed by atoms with Crippen molar-refractivity contribution in [1.29, 1.82) is 0 Å². The van der Waals surface area contributed by atoms with Crippen molar-refractivity contribution in [3.63, 3.8) is 0 Å². The van der Waals surface area contributed by atoms with E-state index in [1.807, 2.05) is 0 Å². The maximum atomic E-state index is 18.3. The summed E-state index contributed by atoms with van der Waals surface area (Å²) in [5.41, 5.74) is 5.61. The van der Waals surface area contributed by atoms with Crippen LogP contribution < -0.4 is 0 Å². The van der Waals surface area contributed by atoms with Crippen LogP contribution >= 0.6 is 0 Å². The third-order valence-corrected chi connectivity index (χ3v) is 16.2. The molecule has 4 heterocycles. The third-order valence-electron chi connectivity index (χ3n) is 16.2. The van der Waals surface area contributed by atoms with Crippen molar-refractivity contribution < 1.29 is 4.39 Å². The summed E-state index contributed by atoms with van der Waals surface area (Å²) in [6.45, 7) is 52.9. The monoisotopic (exact) mass is 765 g/mol. The van der Waals surface area contributed by atoms with E-state index < -0.39 is 0 Å². The molecule has 4 saturated heterocycles. The molecule has 4 aliphatic heterocycles. The first-order valence-corrected chi connectivity index (χ1v) is 22.9. The first-order valence-electron chi connectivity index (χ1n) is 22.9. The van der Waals surface area contributed by atoms with E-state index in [-0.39, 0.29) is 56.0 Å². The van der Waals surface area contributed by atoms with Gasteiger partial charge in [-0.2, -0.15) is 0 Å². The number of hydrogen-bond acceptors (Lipinski definition) is 4. The number of nitrogens with zero attached hydrogens (tertiary/aromatic N) is 4. The van der Waals surface area contributed by atoms with Crippen LogP contribution in [0.5, 0.6) is 0 Å². The number of benzene rings is 1. The molecule has 0 aromatic heterocycles. The van der Waals surface area contributed by atoms with Gasteiger partial charge in [-0.25, -0.2) is 4.39 Å². The molecule has 0 bridgehead atoms. The van der Waals surface area contributed by atoms with Crippen LogP contribution in [0.2, 0.25) is 0 Å². The van der Waals surface area contributed by atoms with Crippen LogP contribution in [0.25, 0.3) is 0 Å². The highest BCUT2D eigenvalue weighted by Gasteiger charge is 2.53. The lowest BCUT2D eigenvalue weighted by Gasteiger charge is -2.59. The molecular weight excluding hydrogens is 676 g/mol. The van der Waals surface area contributed by atoms with E-state index in [0.29, 0.717) is 17.8 Å². The lowest BCUT2D eigenvalue weighted by molar-refractivity contribution is -0.0396. The molecule has 0 aliphatic carbocycles. The van der Waals surface area contributed by atoms with Gasteiger partial charge in [0, 0.05) is 44.3 Å². The number of halogens is 1. The molecule has 5 rings (SSSR count). The molecule has 0 amide bonds. The van der Waals surface area contributed by atoms with Crippen molar-refractivity contribution in [3.8, 4) is 0 Å². The Labute approximate surface area is 341 Å². The van der Waals surface area contributed by atoms with Crippen molar-refractivity contribution in [2.45, 2.75) is 258 Å². The van der Waals surface area contributed by atoms with Crippen LogP contribution in [0.15, 0.2) is 6.07 Å². The molecule has 0 unspecified atom stereocenters. The molecule has 4 aliphatic rings. The van der Waals surface area contributed by atoms with Gasteiger partial charge in [0.25, 0.3) is 0 Å². The summed E-state index contributed by atoms with van der Waals surface area (Å²) in [5.74, 6) is 1.27. The lowest BCUT2D eigenvalue weighted by atomic mass is 9.60. The smallest absolute Gasteiger partial charge is 0.127 e. The summed E-state index contributed by atoms with van der Waals surface area (Å²) >= 11 is 0. The molecule has 0 saturated carbocycles. The third kappa shape index (κ3) is 8.03. The summed E-state index contributed by atoms with van der Waals surface area (Å²) in [6, 6.07) is 2.16. The van der Waals surface area contributed by atoms with Gasteiger partial charge in [-0.1, -0.05) is 27.7 Å². The Kier molecular flexibility index (Phi) is 12.0. The fourth-order valence-corrected chi connectivity index (χ4v) is 15.9. The zero-order chi connectivity index (χ0) is 41.7. The van der Waals surface area contributed by atoms with Crippen molar-refractivity contribution >= 4 is 0 Å². The number of hydrogen-bond donors (Lipinski definition) is 0. The maximum Gasteiger partial charge on any atom is 0.127 e. The highest BCUT2D eigenvalue weighted by atomic mass is 19.1. The predicted molar refractivity (Wildman–Crippen MR) is 236 cm³/mol. The number of likely N-dealkylation sites (tertiary alicyclic amines) is 4. The Balaban J connectivity index is 1.89. The molecule has 0 spiro atoms. The minimum Gasteiger partial charge on any atom is -0.293 e. The summed E-state index contributed by atoms with van der Waals surface area (Å²) in [4.78, 5) is 10.9. The summed E-state index contributed by atoms with van der Waals surface area (Å²) in [7, 11) is 0. The highest BCUT2D eigenvalue weighted by molar-refractivity contribution is 5.52. The van der Waals surface area contributed by atoms with Crippen LogP contribution in [0, 0.1) is 5.82 Å². The fraction of sp³-hybridized carbons (Fsp3) is 0.880. The molecule has 0 atom stereocenters. The molecule has 4 nitrogen and oxygen atoms in total. The quantitative estimate of drug-likeness (QED) is 0.261. The first kappa shape index (κ1) is 45.1. The Morgan fingerprint density at radius 2 is 0.600 bits per heavy atom. The van der Waals surface area contributed by atoms with Crippen LogP contribution in [-0.4, -0.2) is 90.1 Å². The van der Waals surface area contributed by atoms with Gasteiger partial charge in [-0.15, -0.1) is 0 Å². The lowest BCUT2D eigenvalue weighted by Crippen LogP contribution is -2.61. The first-order chi connectivity index (χ1) is 24.9. The molecule has 4 fully saturated rings. The second-order valence-electron chi connectivity index (χ2n) is 24.1. The molecule has 0 N–H and O–H groups in total. The topological polar surface area (TPSA) is 13.0 Å². The van der Waals surface area contributed by atoms with E-state index in [2.05, 4.69) is 164 Å². The fourth-order valence-electron chi connectivity index (χ4n) is 15.9. The average Bonchev–Trinajstić information content (AvgIpc) is 2.96. The standard InChI is InChI=1S/C50H89FN4/c1-21-52-43(5,6)26-34(27-44(52,7)8)38-25-39(51)41(36-30-47(13,14)54(23-3)48(15,16)31-36)42(37-32-49(17,18)55(24-4)50(19,20)33-37)40(38)35-28-45(9,10)53(22-2)46(11,12)29-35/h25,34-37H,21-24,26-33H2,1-20H3. The van der Waals surface area contributed by atoms with Gasteiger partial charge in [-0.05, 0) is 240 Å². The Morgan fingerprint density at radius 1 is 0.382 bits per heavy atom. The molecule has 0 radical (unpaired) electrons. The summed E-state index contributed by atoms with van der Waals surface area (Å²) in [6.07, 6.45) is 8.48. The molecular formula is C50H89FN4. The van der Waals surface area contributed by atoms with Crippen LogP contribution in [0.4, 0.5) is 4.39 Å². The van der Waals surface area contributed by atoms with E-state index in [1.54, 1.807) is 5.56 Å². The van der Waals surface area contributed by atoms with E-state index in [4.69, 9.17) is 0 Å². The average molecular weight is 765 g/mol. The van der Waals surface area contributed by atoms with Gasteiger partial charge < -0.3 is 0 Å². The zero-order valence-corrected chi connectivity index (χ0v) is 40.0. The zero-order valence-electron chi connectivity index (χ0n) is 40.0. The minimum atomic E-state index is -0.0225. The van der Waals surface area contributed by atoms with E-state index >= 15 is 4.39 Å². The van der Waals surface area contributed by atoms with Gasteiger partial charge in [0.1, 0.15) is 5.82 Å². The van der Waals surface area contributed by atoms with Gasteiger partial charge in [0.05, 0.1) is 0 Å². The van der Waals surface area contributed by atoms with Crippen LogP contribution in [-0.2, 0) is 0 Å². The van der Waals surface area contributed by atoms with Crippen molar-refractivity contribution in [2.24, 2.45) is 0 Å². The molecule has 316 valence electrons. The SMILES string of the molecule is CCN1C(C)(C)CC(c2cc(F)c(C3CC(C)(C)N(CC)C(C)(C)C3)c(C3CC(C)(C)N(CC)C(C)(C)C3)c2C2CC(C)(C)N(CC)C(C)(C)C2)CC1(C)C. The summed E-state index contributed by atoms with van der Waals surface area (Å²) in [5, 5.41) is 0. The normalized spacial score (nSPS) is 29.1. The minimum absolute atomic E-state index is 0.00681. The van der Waals surface area contributed by atoms with Gasteiger partial charge in [-0.3, -0.25) is 19.6 Å². The van der Waals surface area contributed by atoms with E-state index in [0.717, 1.165) is 83.1 Å². The van der Waals surface area contributed by atoms with Crippen molar-refractivity contribution in [2.75, 3.05) is 26.2 Å². The number of rotatable bonds is 8. The predicted octanol–water partition coefficient (Wildman–Crippen LogP) is 12.9. The van der Waals surface area contributed by atoms with Crippen molar-refractivity contribution in [1.82, 2.24) is 19.6 Å². The van der Waals surface area contributed by atoms with Gasteiger partial charge in [0.15, 0.2) is 0 Å². The van der Waals surface area contributed by atoms with E-state index in [1.165, 1.54) is 11.1 Å². The summed E-state index contributed by atoms with van der Waals surface area (Å²) < 4.78 is 18.3. The maximum absolute atomic E-state index is 18.3. The van der Waals surface area contributed by atoms with E-state index in [9.17, 15) is 0 Å². The number of piperidine rings is 4. The van der Waals surface area contributed by atoms with Crippen molar-refractivity contribution in [3.05, 3.63) is 34.1 Å². The van der Waals surface area contributed by atoms with Gasteiger partial charge >= 0.3 is 0 Å². The van der Waals surface area contributed by atoms with Crippen LogP contribution in [0.3, 0.4) is 0 Å². The Bertz CT molecular complexity index is 1470.